The molecule has 4 nitrogen and oxygen atoms in total. The quantitative estimate of drug-likeness (QED) is 0.792. The molecule has 2 unspecified atom stereocenters. The molecule has 2 atom stereocenters. The van der Waals surface area contributed by atoms with Crippen molar-refractivity contribution in [3.05, 3.63) is 0 Å². The Balaban J connectivity index is 2.25. The molecule has 0 bridgehead atoms. The molecule has 0 radical (unpaired) electrons. The first kappa shape index (κ1) is 16.7. The van der Waals surface area contributed by atoms with Crippen LogP contribution in [-0.2, 0) is 9.59 Å². The first-order valence-corrected chi connectivity index (χ1v) is 9.23. The van der Waals surface area contributed by atoms with E-state index >= 15 is 0 Å². The number of rotatable bonds is 5. The first-order chi connectivity index (χ1) is 9.71. The minimum atomic E-state index is -0.682. The van der Waals surface area contributed by atoms with Crippen LogP contribution < -0.4 is 5.32 Å². The highest BCUT2D eigenvalue weighted by molar-refractivity contribution is 7.98. The van der Waals surface area contributed by atoms with E-state index in [-0.39, 0.29) is 23.3 Å². The molecule has 1 saturated carbocycles. The van der Waals surface area contributed by atoms with Crippen molar-refractivity contribution in [3.63, 3.8) is 0 Å². The van der Waals surface area contributed by atoms with Gasteiger partial charge in [0.05, 0.1) is 0 Å². The summed E-state index contributed by atoms with van der Waals surface area (Å²) in [5.74, 6) is 1.46. The lowest BCUT2D eigenvalue weighted by Gasteiger charge is -2.49. The molecular formula is C16H28N2O2S. The van der Waals surface area contributed by atoms with E-state index in [1.54, 1.807) is 11.8 Å². The maximum Gasteiger partial charge on any atom is 0.249 e. The average Bonchev–Trinajstić information content (AvgIpc) is 3.18. The molecule has 1 saturated heterocycles. The van der Waals surface area contributed by atoms with E-state index < -0.39 is 5.54 Å². The molecular weight excluding hydrogens is 284 g/mol. The van der Waals surface area contributed by atoms with Crippen LogP contribution in [0.25, 0.3) is 0 Å². The van der Waals surface area contributed by atoms with Crippen LogP contribution in [0, 0.1) is 11.3 Å². The highest BCUT2D eigenvalue weighted by Crippen LogP contribution is 2.43. The van der Waals surface area contributed by atoms with E-state index in [0.717, 1.165) is 25.0 Å². The molecule has 1 aliphatic heterocycles. The summed E-state index contributed by atoms with van der Waals surface area (Å²) < 4.78 is 0. The summed E-state index contributed by atoms with van der Waals surface area (Å²) in [7, 11) is 0. The predicted octanol–water partition coefficient (Wildman–Crippen LogP) is 2.28. The van der Waals surface area contributed by atoms with E-state index in [4.69, 9.17) is 0 Å². The number of amides is 2. The van der Waals surface area contributed by atoms with Crippen LogP contribution in [0.1, 0.15) is 47.0 Å². The van der Waals surface area contributed by atoms with E-state index in [1.807, 2.05) is 32.6 Å². The summed E-state index contributed by atoms with van der Waals surface area (Å²) in [6.45, 7) is 8.69. The fourth-order valence-electron chi connectivity index (χ4n) is 3.34. The number of carbonyl (C=O) groups is 2. The molecule has 2 fully saturated rings. The minimum absolute atomic E-state index is 0.0145. The van der Waals surface area contributed by atoms with E-state index in [9.17, 15) is 9.59 Å². The second kappa shape index (κ2) is 5.82. The molecule has 0 aromatic rings. The van der Waals surface area contributed by atoms with Gasteiger partial charge in [0, 0.05) is 6.54 Å². The SMILES string of the molecule is CSCCCN1C(=O)C(C)(C2CC2)NC(=O)C1C(C)(C)C. The molecule has 1 aliphatic carbocycles. The van der Waals surface area contributed by atoms with Gasteiger partial charge in [-0.2, -0.15) is 11.8 Å². The van der Waals surface area contributed by atoms with Crippen LogP contribution in [0.4, 0.5) is 0 Å². The molecule has 5 heteroatoms. The van der Waals surface area contributed by atoms with Gasteiger partial charge in [-0.3, -0.25) is 9.59 Å². The van der Waals surface area contributed by atoms with Gasteiger partial charge in [-0.1, -0.05) is 20.8 Å². The van der Waals surface area contributed by atoms with E-state index in [1.165, 1.54) is 0 Å². The zero-order valence-corrected chi connectivity index (χ0v) is 14.7. The van der Waals surface area contributed by atoms with E-state index in [0.29, 0.717) is 12.5 Å². The van der Waals surface area contributed by atoms with E-state index in [2.05, 4.69) is 11.6 Å². The van der Waals surface area contributed by atoms with Crippen molar-refractivity contribution in [2.45, 2.75) is 58.5 Å². The van der Waals surface area contributed by atoms with Gasteiger partial charge in [0.2, 0.25) is 11.8 Å². The van der Waals surface area contributed by atoms with Gasteiger partial charge in [0.15, 0.2) is 0 Å². The summed E-state index contributed by atoms with van der Waals surface area (Å²) in [6, 6.07) is -0.362. The van der Waals surface area contributed by atoms with Crippen LogP contribution in [0.3, 0.4) is 0 Å². The van der Waals surface area contributed by atoms with Crippen molar-refractivity contribution in [3.8, 4) is 0 Å². The lowest BCUT2D eigenvalue weighted by molar-refractivity contribution is -0.159. The third kappa shape index (κ3) is 3.22. The first-order valence-electron chi connectivity index (χ1n) is 7.84. The lowest BCUT2D eigenvalue weighted by atomic mass is 9.79. The standard InChI is InChI=1S/C16H28N2O2S/c1-15(2,3)12-13(19)17-16(4,11-7-8-11)14(20)18(12)9-6-10-21-5/h11-12H,6-10H2,1-5H3,(H,17,19). The molecule has 21 heavy (non-hydrogen) atoms. The van der Waals surface area contributed by atoms with Crippen molar-refractivity contribution < 1.29 is 9.59 Å². The Bertz CT molecular complexity index is 428. The zero-order chi connectivity index (χ0) is 15.8. The smallest absolute Gasteiger partial charge is 0.249 e. The second-order valence-electron chi connectivity index (χ2n) is 7.58. The summed E-state index contributed by atoms with van der Waals surface area (Å²) in [6.07, 6.45) is 5.09. The molecule has 2 rings (SSSR count). The third-order valence-electron chi connectivity index (χ3n) is 4.61. The van der Waals surface area contributed by atoms with Gasteiger partial charge in [-0.25, -0.2) is 0 Å². The number of nitrogens with zero attached hydrogens (tertiary/aromatic N) is 1. The molecule has 1 N–H and O–H groups in total. The van der Waals surface area contributed by atoms with Crippen molar-refractivity contribution in [1.29, 1.82) is 0 Å². The highest BCUT2D eigenvalue weighted by atomic mass is 32.2. The Kier molecular flexibility index (Phi) is 4.62. The largest absolute Gasteiger partial charge is 0.340 e. The fourth-order valence-corrected chi connectivity index (χ4v) is 3.76. The van der Waals surface area contributed by atoms with Gasteiger partial charge < -0.3 is 10.2 Å². The summed E-state index contributed by atoms with van der Waals surface area (Å²) in [4.78, 5) is 27.6. The molecule has 2 aliphatic rings. The van der Waals surface area contributed by atoms with Gasteiger partial charge >= 0.3 is 0 Å². The zero-order valence-electron chi connectivity index (χ0n) is 13.9. The second-order valence-corrected chi connectivity index (χ2v) is 8.56. The number of hydrogen-bond acceptors (Lipinski definition) is 3. The number of piperazine rings is 1. The average molecular weight is 312 g/mol. The van der Waals surface area contributed by atoms with Gasteiger partial charge in [0.25, 0.3) is 0 Å². The number of hydrogen-bond donors (Lipinski definition) is 1. The summed E-state index contributed by atoms with van der Waals surface area (Å²) in [5, 5.41) is 3.05. The molecule has 120 valence electrons. The Hall–Kier alpha value is -0.710. The number of thioether (sulfide) groups is 1. The van der Waals surface area contributed by atoms with Crippen molar-refractivity contribution in [2.24, 2.45) is 11.3 Å². The summed E-state index contributed by atoms with van der Waals surface area (Å²) >= 11 is 1.78. The van der Waals surface area contributed by atoms with Crippen molar-refractivity contribution in [2.75, 3.05) is 18.6 Å². The van der Waals surface area contributed by atoms with Crippen molar-refractivity contribution in [1.82, 2.24) is 10.2 Å². The van der Waals surface area contributed by atoms with Gasteiger partial charge in [-0.05, 0) is 49.5 Å². The Labute approximate surface area is 132 Å². The Morgan fingerprint density at radius 1 is 1.33 bits per heavy atom. The number of nitrogens with one attached hydrogen (secondary N) is 1. The number of carbonyl (C=O) groups excluding carboxylic acids is 2. The highest BCUT2D eigenvalue weighted by Gasteiger charge is 2.57. The minimum Gasteiger partial charge on any atom is -0.340 e. The molecule has 0 aromatic heterocycles. The molecule has 0 spiro atoms. The van der Waals surface area contributed by atoms with Crippen LogP contribution in [0.15, 0.2) is 0 Å². The molecule has 0 aromatic carbocycles. The van der Waals surface area contributed by atoms with Gasteiger partial charge in [-0.15, -0.1) is 0 Å². The normalized spacial score (nSPS) is 30.5. The maximum absolute atomic E-state index is 13.0. The molecule has 2 amide bonds. The third-order valence-corrected chi connectivity index (χ3v) is 5.31. The van der Waals surface area contributed by atoms with Crippen LogP contribution in [0.5, 0.6) is 0 Å². The molecule has 1 heterocycles. The van der Waals surface area contributed by atoms with Crippen LogP contribution in [-0.4, -0.2) is 46.8 Å². The Morgan fingerprint density at radius 2 is 1.95 bits per heavy atom. The maximum atomic E-state index is 13.0. The monoisotopic (exact) mass is 312 g/mol. The fraction of sp³-hybridized carbons (Fsp3) is 0.875. The van der Waals surface area contributed by atoms with Crippen LogP contribution in [0.2, 0.25) is 0 Å². The predicted molar refractivity (Wildman–Crippen MR) is 87.2 cm³/mol. The van der Waals surface area contributed by atoms with Crippen LogP contribution >= 0.6 is 11.8 Å². The van der Waals surface area contributed by atoms with Gasteiger partial charge in [0.1, 0.15) is 11.6 Å². The Morgan fingerprint density at radius 3 is 2.43 bits per heavy atom. The topological polar surface area (TPSA) is 49.4 Å². The lowest BCUT2D eigenvalue weighted by Crippen LogP contribution is -2.72. The summed E-state index contributed by atoms with van der Waals surface area (Å²) in [5.41, 5.74) is -0.928. The van der Waals surface area contributed by atoms with Crippen molar-refractivity contribution >= 4 is 23.6 Å².